The van der Waals surface area contributed by atoms with E-state index in [2.05, 4.69) is 5.32 Å². The maximum absolute atomic E-state index is 12.5. The first-order valence-electron chi connectivity index (χ1n) is 8.62. The summed E-state index contributed by atoms with van der Waals surface area (Å²) in [5, 5.41) is 11.6. The lowest BCUT2D eigenvalue weighted by Crippen LogP contribution is -2.30. The van der Waals surface area contributed by atoms with Crippen molar-refractivity contribution in [2.75, 3.05) is 19.4 Å². The molecule has 0 unspecified atom stereocenters. The molecule has 1 atom stereocenters. The number of rotatable bonds is 6. The van der Waals surface area contributed by atoms with E-state index in [9.17, 15) is 18.0 Å². The molecule has 9 heteroatoms. The summed E-state index contributed by atoms with van der Waals surface area (Å²) >= 11 is 0. The largest absolute Gasteiger partial charge is 0.449 e. The molecule has 0 radical (unpaired) electrons. The summed E-state index contributed by atoms with van der Waals surface area (Å²) in [6.07, 6.45) is -1.16. The highest BCUT2D eigenvalue weighted by molar-refractivity contribution is 7.89. The van der Waals surface area contributed by atoms with Crippen molar-refractivity contribution >= 4 is 27.6 Å². The molecule has 0 bridgehead atoms. The number of para-hydroxylation sites is 1. The molecule has 2 aromatic carbocycles. The van der Waals surface area contributed by atoms with Crippen LogP contribution in [-0.2, 0) is 19.6 Å². The van der Waals surface area contributed by atoms with Gasteiger partial charge in [0.05, 0.1) is 21.7 Å². The van der Waals surface area contributed by atoms with Crippen molar-refractivity contribution in [1.29, 1.82) is 5.26 Å². The van der Waals surface area contributed by atoms with Gasteiger partial charge in [-0.3, -0.25) is 4.79 Å². The second-order valence-corrected chi connectivity index (χ2v) is 8.61. The number of carbonyl (C=O) groups is 2. The fourth-order valence-electron chi connectivity index (χ4n) is 2.39. The van der Waals surface area contributed by atoms with Crippen LogP contribution in [0.15, 0.2) is 47.4 Å². The van der Waals surface area contributed by atoms with Gasteiger partial charge in [0.1, 0.15) is 6.07 Å². The van der Waals surface area contributed by atoms with E-state index in [1.807, 2.05) is 6.07 Å². The van der Waals surface area contributed by atoms with Gasteiger partial charge >= 0.3 is 5.97 Å². The minimum Gasteiger partial charge on any atom is -0.449 e. The van der Waals surface area contributed by atoms with Gasteiger partial charge in [0.25, 0.3) is 5.91 Å². The molecular formula is C20H21N3O5S. The zero-order valence-corrected chi connectivity index (χ0v) is 17.3. The van der Waals surface area contributed by atoms with Crippen molar-refractivity contribution in [2.24, 2.45) is 0 Å². The van der Waals surface area contributed by atoms with Crippen molar-refractivity contribution in [3.05, 3.63) is 59.2 Å². The molecule has 0 aliphatic carbocycles. The number of sulfonamides is 1. The lowest BCUT2D eigenvalue weighted by Gasteiger charge is -2.16. The molecule has 1 amide bonds. The Morgan fingerprint density at radius 3 is 2.45 bits per heavy atom. The molecule has 0 fully saturated rings. The number of nitriles is 1. The molecule has 29 heavy (non-hydrogen) atoms. The van der Waals surface area contributed by atoms with E-state index >= 15 is 0 Å². The highest BCUT2D eigenvalue weighted by atomic mass is 32.2. The van der Waals surface area contributed by atoms with Crippen LogP contribution in [0, 0.1) is 18.3 Å². The number of benzene rings is 2. The molecule has 0 spiro atoms. The SMILES string of the molecule is Cc1ccc(S(=O)(=O)N(C)C)cc1C(=O)O[C@H](C)C(=O)Nc1ccccc1C#N. The standard InChI is InChI=1S/C20H21N3O5S/c1-13-9-10-16(29(26,27)23(3)4)11-17(13)20(25)28-14(2)19(24)22-18-8-6-5-7-15(18)12-21/h5-11,14H,1-4H3,(H,22,24)/t14-/m1/s1. The van der Waals surface area contributed by atoms with Gasteiger partial charge in [0.15, 0.2) is 6.10 Å². The third-order valence-electron chi connectivity index (χ3n) is 4.17. The van der Waals surface area contributed by atoms with Gasteiger partial charge in [0, 0.05) is 14.1 Å². The van der Waals surface area contributed by atoms with E-state index in [1.165, 1.54) is 39.2 Å². The smallest absolute Gasteiger partial charge is 0.339 e. The van der Waals surface area contributed by atoms with Crippen LogP contribution in [-0.4, -0.2) is 44.8 Å². The topological polar surface area (TPSA) is 117 Å². The van der Waals surface area contributed by atoms with Crippen molar-refractivity contribution < 1.29 is 22.7 Å². The van der Waals surface area contributed by atoms with Crippen LogP contribution in [0.4, 0.5) is 5.69 Å². The van der Waals surface area contributed by atoms with Crippen LogP contribution in [0.3, 0.4) is 0 Å². The van der Waals surface area contributed by atoms with Crippen molar-refractivity contribution in [1.82, 2.24) is 4.31 Å². The third kappa shape index (κ3) is 4.99. The number of aryl methyl sites for hydroxylation is 1. The van der Waals surface area contributed by atoms with Crippen LogP contribution >= 0.6 is 0 Å². The quantitative estimate of drug-likeness (QED) is 0.724. The first-order valence-corrected chi connectivity index (χ1v) is 10.1. The Bertz CT molecular complexity index is 1090. The molecule has 152 valence electrons. The number of amides is 1. The molecule has 1 N–H and O–H groups in total. The van der Waals surface area contributed by atoms with Crippen LogP contribution in [0.25, 0.3) is 0 Å². The molecule has 0 saturated carbocycles. The van der Waals surface area contributed by atoms with E-state index in [4.69, 9.17) is 10.00 Å². The lowest BCUT2D eigenvalue weighted by molar-refractivity contribution is -0.123. The van der Waals surface area contributed by atoms with Crippen LogP contribution < -0.4 is 5.32 Å². The fourth-order valence-corrected chi connectivity index (χ4v) is 3.32. The van der Waals surface area contributed by atoms with E-state index in [0.717, 1.165) is 4.31 Å². The summed E-state index contributed by atoms with van der Waals surface area (Å²) in [4.78, 5) is 24.8. The van der Waals surface area contributed by atoms with Crippen molar-refractivity contribution in [2.45, 2.75) is 24.8 Å². The Morgan fingerprint density at radius 2 is 1.83 bits per heavy atom. The van der Waals surface area contributed by atoms with Gasteiger partial charge in [0.2, 0.25) is 10.0 Å². The van der Waals surface area contributed by atoms with Crippen molar-refractivity contribution in [3.8, 4) is 6.07 Å². The summed E-state index contributed by atoms with van der Waals surface area (Å²) < 4.78 is 30.8. The van der Waals surface area contributed by atoms with Crippen LogP contribution in [0.5, 0.6) is 0 Å². The van der Waals surface area contributed by atoms with Gasteiger partial charge < -0.3 is 10.1 Å². The highest BCUT2D eigenvalue weighted by Gasteiger charge is 2.24. The number of carbonyl (C=O) groups excluding carboxylic acids is 2. The minimum atomic E-state index is -3.73. The second-order valence-electron chi connectivity index (χ2n) is 6.46. The van der Waals surface area contributed by atoms with Crippen LogP contribution in [0.1, 0.15) is 28.4 Å². The summed E-state index contributed by atoms with van der Waals surface area (Å²) in [5.74, 6) is -1.44. The predicted molar refractivity (Wildman–Crippen MR) is 107 cm³/mol. The van der Waals surface area contributed by atoms with Gasteiger partial charge in [-0.1, -0.05) is 18.2 Å². The molecule has 0 aromatic heterocycles. The van der Waals surface area contributed by atoms with E-state index in [-0.39, 0.29) is 16.0 Å². The Hall–Kier alpha value is -3.22. The average molecular weight is 415 g/mol. The lowest BCUT2D eigenvalue weighted by atomic mass is 10.1. The average Bonchev–Trinajstić information content (AvgIpc) is 2.68. The van der Waals surface area contributed by atoms with Gasteiger partial charge in [-0.2, -0.15) is 5.26 Å². The molecule has 0 aliphatic heterocycles. The highest BCUT2D eigenvalue weighted by Crippen LogP contribution is 2.20. The fraction of sp³-hybridized carbons (Fsp3) is 0.250. The van der Waals surface area contributed by atoms with E-state index < -0.39 is 28.0 Å². The zero-order valence-electron chi connectivity index (χ0n) is 16.5. The minimum absolute atomic E-state index is 0.0463. The number of ether oxygens (including phenoxy) is 1. The molecule has 0 aliphatic rings. The second kappa shape index (κ2) is 8.86. The Kier molecular flexibility index (Phi) is 6.74. The molecule has 0 saturated heterocycles. The maximum atomic E-state index is 12.5. The number of anilines is 1. The monoisotopic (exact) mass is 415 g/mol. The van der Waals surface area contributed by atoms with Gasteiger partial charge in [-0.05, 0) is 43.7 Å². The first kappa shape index (κ1) is 22.1. The van der Waals surface area contributed by atoms with Crippen molar-refractivity contribution in [3.63, 3.8) is 0 Å². The summed E-state index contributed by atoms with van der Waals surface area (Å²) in [6.45, 7) is 3.02. The molecular weight excluding hydrogens is 394 g/mol. The van der Waals surface area contributed by atoms with Crippen LogP contribution in [0.2, 0.25) is 0 Å². The Balaban J connectivity index is 2.19. The number of hydrogen-bond donors (Lipinski definition) is 1. The third-order valence-corrected chi connectivity index (χ3v) is 5.98. The van der Waals surface area contributed by atoms with E-state index in [0.29, 0.717) is 11.3 Å². The normalized spacial score (nSPS) is 12.1. The molecule has 2 aromatic rings. The number of nitrogens with zero attached hydrogens (tertiary/aromatic N) is 2. The number of esters is 1. The summed E-state index contributed by atoms with van der Waals surface area (Å²) in [6, 6.07) is 12.5. The Labute approximate surface area is 169 Å². The predicted octanol–water partition coefficient (Wildman–Crippen LogP) is 2.30. The molecule has 2 rings (SSSR count). The zero-order chi connectivity index (χ0) is 21.8. The summed E-state index contributed by atoms with van der Waals surface area (Å²) in [7, 11) is -0.952. The van der Waals surface area contributed by atoms with Gasteiger partial charge in [-0.25, -0.2) is 17.5 Å². The molecule has 0 heterocycles. The molecule has 8 nitrogen and oxygen atoms in total. The summed E-state index contributed by atoms with van der Waals surface area (Å²) in [5.41, 5.74) is 1.13. The first-order chi connectivity index (χ1) is 13.6. The van der Waals surface area contributed by atoms with Gasteiger partial charge in [-0.15, -0.1) is 0 Å². The number of nitrogens with one attached hydrogen (secondary N) is 1. The number of hydrogen-bond acceptors (Lipinski definition) is 6. The van der Waals surface area contributed by atoms with E-state index in [1.54, 1.807) is 31.2 Å². The Morgan fingerprint density at radius 1 is 1.17 bits per heavy atom. The maximum Gasteiger partial charge on any atom is 0.339 e.